The number of aromatic nitrogens is 2. The summed E-state index contributed by atoms with van der Waals surface area (Å²) in [5.74, 6) is 0.176. The summed E-state index contributed by atoms with van der Waals surface area (Å²) in [6.45, 7) is 5.59. The highest BCUT2D eigenvalue weighted by atomic mass is 16.7. The fourth-order valence-corrected chi connectivity index (χ4v) is 3.12. The molecule has 7 heteroatoms. The molecule has 2 saturated heterocycles. The molecule has 7 nitrogen and oxygen atoms in total. The van der Waals surface area contributed by atoms with Crippen molar-refractivity contribution in [2.45, 2.75) is 44.8 Å². The lowest BCUT2D eigenvalue weighted by Gasteiger charge is -2.37. The van der Waals surface area contributed by atoms with E-state index in [0.717, 1.165) is 13.0 Å². The van der Waals surface area contributed by atoms with Crippen molar-refractivity contribution in [3.8, 4) is 0 Å². The van der Waals surface area contributed by atoms with E-state index in [4.69, 9.17) is 9.47 Å². The van der Waals surface area contributed by atoms with Gasteiger partial charge in [-0.05, 0) is 6.42 Å². The quantitative estimate of drug-likeness (QED) is 0.803. The average molecular weight is 334 g/mol. The Morgan fingerprint density at radius 2 is 1.96 bits per heavy atom. The van der Waals surface area contributed by atoms with Crippen LogP contribution in [-0.2, 0) is 9.47 Å². The number of nitrogens with one attached hydrogen (secondary N) is 1. The Balaban J connectivity index is 1.50. The van der Waals surface area contributed by atoms with Crippen LogP contribution in [0.2, 0.25) is 0 Å². The van der Waals surface area contributed by atoms with Gasteiger partial charge < -0.3 is 19.7 Å². The topological polar surface area (TPSA) is 76.6 Å². The number of hydrogen-bond acceptors (Lipinski definition) is 6. The smallest absolute Gasteiger partial charge is 0.274 e. The summed E-state index contributed by atoms with van der Waals surface area (Å²) in [6.07, 6.45) is 8.10. The maximum atomic E-state index is 12.5. The number of amides is 1. The zero-order chi connectivity index (χ0) is 16.8. The minimum atomic E-state index is -0.464. The molecule has 2 fully saturated rings. The zero-order valence-corrected chi connectivity index (χ0v) is 14.3. The molecule has 0 bridgehead atoms. The van der Waals surface area contributed by atoms with Gasteiger partial charge in [0.05, 0.1) is 25.6 Å². The molecule has 0 atom stereocenters. The molecule has 3 heterocycles. The van der Waals surface area contributed by atoms with Crippen molar-refractivity contribution in [2.24, 2.45) is 0 Å². The molecular formula is C17H26N4O3. The third-order valence-corrected chi connectivity index (χ3v) is 4.58. The number of carbonyl (C=O) groups excluding carboxylic acids is 1. The summed E-state index contributed by atoms with van der Waals surface area (Å²) >= 11 is 0. The average Bonchev–Trinajstić information content (AvgIpc) is 3.07. The number of anilines is 1. The molecule has 0 radical (unpaired) electrons. The lowest BCUT2D eigenvalue weighted by molar-refractivity contribution is -0.181. The van der Waals surface area contributed by atoms with Crippen LogP contribution < -0.4 is 5.32 Å². The van der Waals surface area contributed by atoms with Gasteiger partial charge in [0.15, 0.2) is 5.79 Å². The lowest BCUT2D eigenvalue weighted by atomic mass is 10.0. The van der Waals surface area contributed by atoms with Crippen LogP contribution in [0.15, 0.2) is 12.4 Å². The van der Waals surface area contributed by atoms with Crippen molar-refractivity contribution < 1.29 is 14.3 Å². The predicted molar refractivity (Wildman–Crippen MR) is 89.8 cm³/mol. The molecule has 1 amide bonds. The summed E-state index contributed by atoms with van der Waals surface area (Å²) in [5.41, 5.74) is 0.387. The Kier molecular flexibility index (Phi) is 5.63. The van der Waals surface area contributed by atoms with E-state index < -0.39 is 5.79 Å². The fraction of sp³-hybridized carbons (Fsp3) is 0.706. The van der Waals surface area contributed by atoms with E-state index in [-0.39, 0.29) is 5.91 Å². The number of piperidine rings is 1. The summed E-state index contributed by atoms with van der Waals surface area (Å²) in [4.78, 5) is 22.9. The summed E-state index contributed by atoms with van der Waals surface area (Å²) in [7, 11) is 0. The number of unbranched alkanes of at least 4 members (excludes halogenated alkanes) is 2. The van der Waals surface area contributed by atoms with Crippen LogP contribution in [-0.4, -0.2) is 59.4 Å². The first-order valence-corrected chi connectivity index (χ1v) is 8.85. The second-order valence-electron chi connectivity index (χ2n) is 6.32. The maximum absolute atomic E-state index is 12.5. The zero-order valence-electron chi connectivity index (χ0n) is 14.3. The Morgan fingerprint density at radius 1 is 1.21 bits per heavy atom. The summed E-state index contributed by atoms with van der Waals surface area (Å²) < 4.78 is 11.4. The number of rotatable bonds is 6. The van der Waals surface area contributed by atoms with E-state index in [1.807, 2.05) is 0 Å². The van der Waals surface area contributed by atoms with Crippen LogP contribution >= 0.6 is 0 Å². The van der Waals surface area contributed by atoms with Crippen molar-refractivity contribution in [3.05, 3.63) is 18.1 Å². The molecule has 0 unspecified atom stereocenters. The molecule has 1 spiro atoms. The molecule has 1 N–H and O–H groups in total. The van der Waals surface area contributed by atoms with Gasteiger partial charge in [-0.1, -0.05) is 19.8 Å². The molecule has 1 aromatic heterocycles. The first kappa shape index (κ1) is 17.1. The number of hydrogen-bond donors (Lipinski definition) is 1. The largest absolute Gasteiger partial charge is 0.369 e. The monoisotopic (exact) mass is 334 g/mol. The van der Waals surface area contributed by atoms with Crippen molar-refractivity contribution >= 4 is 11.7 Å². The number of likely N-dealkylation sites (tertiary alicyclic amines) is 1. The highest BCUT2D eigenvalue weighted by molar-refractivity contribution is 5.92. The molecule has 2 aliphatic heterocycles. The van der Waals surface area contributed by atoms with Gasteiger partial charge in [0.1, 0.15) is 11.5 Å². The second kappa shape index (κ2) is 7.90. The van der Waals surface area contributed by atoms with Crippen molar-refractivity contribution in [3.63, 3.8) is 0 Å². The summed E-state index contributed by atoms with van der Waals surface area (Å²) in [6, 6.07) is 0. The van der Waals surface area contributed by atoms with Crippen LogP contribution in [0.25, 0.3) is 0 Å². The van der Waals surface area contributed by atoms with Gasteiger partial charge >= 0.3 is 0 Å². The van der Waals surface area contributed by atoms with Crippen LogP contribution in [0.1, 0.15) is 49.5 Å². The standard InChI is InChI=1S/C17H26N4O3/c1-2-3-4-7-18-15-13-19-14(12-20-15)16(22)21-8-5-17(6-9-21)23-10-11-24-17/h12-13H,2-11H2,1H3,(H,18,20). The number of carbonyl (C=O) groups is 1. The van der Waals surface area contributed by atoms with E-state index in [1.165, 1.54) is 12.8 Å². The molecular weight excluding hydrogens is 308 g/mol. The molecule has 1 aromatic rings. The maximum Gasteiger partial charge on any atom is 0.274 e. The first-order chi connectivity index (χ1) is 11.7. The molecule has 3 rings (SSSR count). The van der Waals surface area contributed by atoms with Gasteiger partial charge in [0, 0.05) is 32.5 Å². The second-order valence-corrected chi connectivity index (χ2v) is 6.32. The Bertz CT molecular complexity index is 533. The van der Waals surface area contributed by atoms with Gasteiger partial charge in [-0.15, -0.1) is 0 Å². The van der Waals surface area contributed by atoms with Gasteiger partial charge in [-0.3, -0.25) is 4.79 Å². The van der Waals surface area contributed by atoms with Gasteiger partial charge in [-0.2, -0.15) is 0 Å². The molecule has 132 valence electrons. The highest BCUT2D eigenvalue weighted by Gasteiger charge is 2.41. The molecule has 24 heavy (non-hydrogen) atoms. The summed E-state index contributed by atoms with van der Waals surface area (Å²) in [5, 5.41) is 3.23. The van der Waals surface area contributed by atoms with Crippen molar-refractivity contribution in [1.82, 2.24) is 14.9 Å². The highest BCUT2D eigenvalue weighted by Crippen LogP contribution is 2.31. The molecule has 0 aliphatic carbocycles. The third-order valence-electron chi connectivity index (χ3n) is 4.58. The Labute approximate surface area is 142 Å². The van der Waals surface area contributed by atoms with Gasteiger partial charge in [0.25, 0.3) is 5.91 Å². The van der Waals surface area contributed by atoms with E-state index in [0.29, 0.717) is 50.7 Å². The molecule has 0 aromatic carbocycles. The molecule has 0 saturated carbocycles. The van der Waals surface area contributed by atoms with E-state index >= 15 is 0 Å². The Morgan fingerprint density at radius 3 is 2.58 bits per heavy atom. The first-order valence-electron chi connectivity index (χ1n) is 8.85. The van der Waals surface area contributed by atoms with E-state index in [1.54, 1.807) is 17.3 Å². The van der Waals surface area contributed by atoms with Crippen molar-refractivity contribution in [1.29, 1.82) is 0 Å². The minimum absolute atomic E-state index is 0.0760. The van der Waals surface area contributed by atoms with Crippen molar-refractivity contribution in [2.75, 3.05) is 38.2 Å². The minimum Gasteiger partial charge on any atom is -0.369 e. The predicted octanol–water partition coefficient (Wildman–Crippen LogP) is 2.06. The molecule has 2 aliphatic rings. The van der Waals surface area contributed by atoms with E-state index in [2.05, 4.69) is 22.2 Å². The van der Waals surface area contributed by atoms with Crippen LogP contribution in [0, 0.1) is 0 Å². The fourth-order valence-electron chi connectivity index (χ4n) is 3.12. The number of ether oxygens (including phenoxy) is 2. The number of nitrogens with zero attached hydrogens (tertiary/aromatic N) is 3. The lowest BCUT2D eigenvalue weighted by Crippen LogP contribution is -2.47. The van der Waals surface area contributed by atoms with E-state index in [9.17, 15) is 4.79 Å². The van der Waals surface area contributed by atoms with Gasteiger partial charge in [-0.25, -0.2) is 9.97 Å². The van der Waals surface area contributed by atoms with Gasteiger partial charge in [0.2, 0.25) is 0 Å². The normalized spacial score (nSPS) is 19.6. The SMILES string of the molecule is CCCCCNc1cnc(C(=O)N2CCC3(CC2)OCCO3)cn1. The Hall–Kier alpha value is -1.73. The van der Waals surface area contributed by atoms with Crippen LogP contribution in [0.4, 0.5) is 5.82 Å². The third kappa shape index (κ3) is 4.02. The van der Waals surface area contributed by atoms with Crippen LogP contribution in [0.5, 0.6) is 0 Å². The van der Waals surface area contributed by atoms with Crippen LogP contribution in [0.3, 0.4) is 0 Å².